The molecule has 7 unspecified atom stereocenters. The van der Waals surface area contributed by atoms with E-state index in [-0.39, 0.29) is 205 Å². The summed E-state index contributed by atoms with van der Waals surface area (Å²) in [5.41, 5.74) is -0.194. The van der Waals surface area contributed by atoms with Gasteiger partial charge in [-0.2, -0.15) is 0 Å². The van der Waals surface area contributed by atoms with Gasteiger partial charge in [-0.15, -0.1) is 0 Å². The Morgan fingerprint density at radius 2 is 0.684 bits per heavy atom. The molecule has 674 valence electrons. The Labute approximate surface area is 705 Å². The molecule has 23 heteroatoms. The third-order valence-corrected chi connectivity index (χ3v) is 24.7. The van der Waals surface area contributed by atoms with Gasteiger partial charge >= 0.3 is 23.9 Å². The number of benzene rings is 1. The average Bonchev–Trinajstić information content (AvgIpc) is 0.822. The van der Waals surface area contributed by atoms with E-state index in [0.29, 0.717) is 51.0 Å². The number of hydrogen-bond acceptors (Lipinski definition) is 21. The Hall–Kier alpha value is -4.98. The van der Waals surface area contributed by atoms with Crippen LogP contribution in [0.3, 0.4) is 0 Å². The molecule has 3 aliphatic rings. The van der Waals surface area contributed by atoms with E-state index < -0.39 is 17.7 Å². The van der Waals surface area contributed by atoms with Crippen LogP contribution in [0.25, 0.3) is 0 Å². The Bertz CT molecular complexity index is 2710. The van der Waals surface area contributed by atoms with E-state index in [4.69, 9.17) is 61.6 Å². The van der Waals surface area contributed by atoms with E-state index in [0.717, 1.165) is 140 Å². The first-order valence-corrected chi connectivity index (χ1v) is 46.1. The van der Waals surface area contributed by atoms with Crippen molar-refractivity contribution in [3.05, 3.63) is 35.9 Å². The van der Waals surface area contributed by atoms with Gasteiger partial charge in [-0.1, -0.05) is 253 Å². The van der Waals surface area contributed by atoms with E-state index in [1.165, 1.54) is 98.3 Å². The molecule has 2 N–H and O–H groups in total. The van der Waals surface area contributed by atoms with Gasteiger partial charge in [-0.05, 0) is 79.6 Å². The SMILES string of the molecule is CC(=O)NC1[C@H](OCCCCCCCCCCCCCC(=O)CCOCC(COCCC(=O)CCCCCCCCCCCCCO[C@@H]2OC(COC(C)=O)[C@H](C)[C@H](C)C2C)(COCCC(=O)NCCCCCCCCCCCCO[C@@H]2OC(COC(C)=O)[C@H](C)[C@H](C)C2C)CC(=O)OCc2ccccc2)OC(COC(C)=O)[C@H](C)[C@@H]1C. The molecule has 23 nitrogen and oxygen atoms in total. The van der Waals surface area contributed by atoms with E-state index in [9.17, 15) is 38.4 Å². The standard InChI is InChI=1S/C94H162N2O21/c1-70-72(3)85(64-111-79(10)98)115-91(76(70)7)108-56-45-36-30-24-18-13-15-21-27-33-42-50-83(101)52-59-105-67-94(62-89(104)114-63-82-48-40-39-41-49-82,69-107-61-54-88(103)95-55-44-35-29-23-17-20-26-31-37-46-57-109-92-77(8)71(2)73(4)86(116-92)65-112-80(11)99)68-106-60-53-84(102)51-43-34-28-22-16-14-19-25-32-38-47-58-110-93-90(96-78(9)97)75(6)74(5)87(117-93)66-113-81(12)100/h39-41,48-49,70-77,85-87,90-93H,13-38,42-47,50-69H2,1-12H3,(H,95,103)(H,96,97)/t70-,71-,72+,73+,74+,75-,76?,77?,85?,86?,87?,90?,91+,92+,93+,94?/m0/s1. The molecule has 0 spiro atoms. The lowest BCUT2D eigenvalue weighted by atomic mass is 9.79. The maximum absolute atomic E-state index is 13.9. The summed E-state index contributed by atoms with van der Waals surface area (Å²) >= 11 is 0. The highest BCUT2D eigenvalue weighted by Gasteiger charge is 2.45. The monoisotopic (exact) mass is 1660 g/mol. The average molecular weight is 1660 g/mol. The van der Waals surface area contributed by atoms with Crippen LogP contribution in [0.15, 0.2) is 30.3 Å². The number of ketones is 2. The Morgan fingerprint density at radius 1 is 0.350 bits per heavy atom. The van der Waals surface area contributed by atoms with Gasteiger partial charge in [0.05, 0.1) is 75.8 Å². The molecule has 2 amide bonds. The highest BCUT2D eigenvalue weighted by Crippen LogP contribution is 2.38. The van der Waals surface area contributed by atoms with Crippen LogP contribution in [0.2, 0.25) is 0 Å². The molecular weight excluding hydrogens is 1490 g/mol. The number of esters is 4. The summed E-state index contributed by atoms with van der Waals surface area (Å²) in [5, 5.41) is 6.07. The van der Waals surface area contributed by atoms with Crippen molar-refractivity contribution in [2.45, 2.75) is 377 Å². The van der Waals surface area contributed by atoms with E-state index in [1.807, 2.05) is 37.3 Å². The highest BCUT2D eigenvalue weighted by molar-refractivity contribution is 5.79. The fraction of sp³-hybridized carbons (Fsp3) is 0.851. The van der Waals surface area contributed by atoms with Crippen LogP contribution in [0.5, 0.6) is 0 Å². The summed E-state index contributed by atoms with van der Waals surface area (Å²) < 4.78 is 77.8. The van der Waals surface area contributed by atoms with Crippen molar-refractivity contribution in [1.29, 1.82) is 0 Å². The van der Waals surface area contributed by atoms with Crippen molar-refractivity contribution in [2.75, 3.05) is 85.8 Å². The van der Waals surface area contributed by atoms with Crippen molar-refractivity contribution in [1.82, 2.24) is 10.6 Å². The second kappa shape index (κ2) is 63.9. The number of amides is 2. The van der Waals surface area contributed by atoms with Crippen LogP contribution < -0.4 is 10.6 Å². The quantitative estimate of drug-likeness (QED) is 0.0348. The van der Waals surface area contributed by atoms with Gasteiger partial charge in [-0.3, -0.25) is 38.4 Å². The third-order valence-electron chi connectivity index (χ3n) is 24.7. The number of carbonyl (C=O) groups excluding carboxylic acids is 8. The summed E-state index contributed by atoms with van der Waals surface area (Å²) in [5.74, 6) is 0.631. The molecule has 4 rings (SSSR count). The predicted octanol–water partition coefficient (Wildman–Crippen LogP) is 18.4. The Kier molecular flexibility index (Phi) is 57.0. The second-order valence-electron chi connectivity index (χ2n) is 34.7. The smallest absolute Gasteiger partial charge is 0.306 e. The normalized spacial score (nSPS) is 23.8. The molecule has 1 aromatic carbocycles. The van der Waals surface area contributed by atoms with Crippen LogP contribution >= 0.6 is 0 Å². The molecule has 0 aromatic heterocycles. The molecule has 1 aromatic rings. The summed E-state index contributed by atoms with van der Waals surface area (Å²) in [7, 11) is 0. The van der Waals surface area contributed by atoms with Crippen LogP contribution in [-0.4, -0.2) is 176 Å². The summed E-state index contributed by atoms with van der Waals surface area (Å²) in [4.78, 5) is 99.9. The van der Waals surface area contributed by atoms with Gasteiger partial charge in [-0.25, -0.2) is 0 Å². The number of nitrogens with one attached hydrogen (secondary N) is 2. The van der Waals surface area contributed by atoms with Gasteiger partial charge in [0, 0.05) is 98.0 Å². The topological polar surface area (TPSA) is 281 Å². The minimum atomic E-state index is -1.04. The summed E-state index contributed by atoms with van der Waals surface area (Å²) in [6.07, 6.45) is 34.6. The number of ether oxygens (including phenoxy) is 13. The van der Waals surface area contributed by atoms with Gasteiger partial charge < -0.3 is 72.2 Å². The zero-order valence-electron chi connectivity index (χ0n) is 74.9. The molecule has 3 saturated heterocycles. The van der Waals surface area contributed by atoms with E-state index >= 15 is 0 Å². The first-order chi connectivity index (χ1) is 56.4. The van der Waals surface area contributed by atoms with Crippen molar-refractivity contribution in [2.24, 2.45) is 52.8 Å². The maximum atomic E-state index is 13.9. The molecule has 117 heavy (non-hydrogen) atoms. The van der Waals surface area contributed by atoms with Crippen LogP contribution in [0, 0.1) is 52.8 Å². The van der Waals surface area contributed by atoms with E-state index in [2.05, 4.69) is 59.1 Å². The molecule has 0 radical (unpaired) electrons. The lowest BCUT2D eigenvalue weighted by Gasteiger charge is -2.44. The number of hydrogen-bond donors (Lipinski definition) is 2. The van der Waals surface area contributed by atoms with Gasteiger partial charge in [0.15, 0.2) is 18.9 Å². The summed E-state index contributed by atoms with van der Waals surface area (Å²) in [6, 6.07) is 9.20. The first-order valence-electron chi connectivity index (χ1n) is 46.1. The van der Waals surface area contributed by atoms with E-state index in [1.54, 1.807) is 0 Å². The Balaban J connectivity index is 1.16. The van der Waals surface area contributed by atoms with Crippen LogP contribution in [-0.2, 0) is 107 Å². The third kappa shape index (κ3) is 47.3. The van der Waals surface area contributed by atoms with Gasteiger partial charge in [0.1, 0.15) is 38.0 Å². The summed E-state index contributed by atoms with van der Waals surface area (Å²) in [6.45, 7) is 26.7. The van der Waals surface area contributed by atoms with Crippen LogP contribution in [0.4, 0.5) is 0 Å². The van der Waals surface area contributed by atoms with Crippen molar-refractivity contribution in [3.63, 3.8) is 0 Å². The number of carbonyl (C=O) groups is 8. The highest BCUT2D eigenvalue weighted by atomic mass is 16.7. The number of rotatable bonds is 70. The molecule has 0 aliphatic carbocycles. The lowest BCUT2D eigenvalue weighted by molar-refractivity contribution is -0.255. The largest absolute Gasteiger partial charge is 0.463 e. The van der Waals surface area contributed by atoms with Gasteiger partial charge in [0.2, 0.25) is 11.8 Å². The zero-order valence-corrected chi connectivity index (χ0v) is 74.9. The minimum Gasteiger partial charge on any atom is -0.463 e. The number of unbranched alkanes of at least 4 members (excludes halogenated alkanes) is 29. The molecule has 0 saturated carbocycles. The Morgan fingerprint density at radius 3 is 1.06 bits per heavy atom. The predicted molar refractivity (Wildman–Crippen MR) is 454 cm³/mol. The fourth-order valence-electron chi connectivity index (χ4n) is 16.0. The van der Waals surface area contributed by atoms with Crippen LogP contribution in [0.1, 0.15) is 333 Å². The van der Waals surface area contributed by atoms with Crippen molar-refractivity contribution in [3.8, 4) is 0 Å². The van der Waals surface area contributed by atoms with Crippen molar-refractivity contribution >= 4 is 47.3 Å². The molecule has 0 bridgehead atoms. The maximum Gasteiger partial charge on any atom is 0.306 e. The molecule has 3 heterocycles. The first kappa shape index (κ1) is 104. The molecule has 3 fully saturated rings. The number of Topliss-reactive ketones (excluding diaryl/α,β-unsaturated/α-hetero) is 2. The second-order valence-corrected chi connectivity index (χ2v) is 34.7. The fourth-order valence-corrected chi connectivity index (χ4v) is 16.0. The molecular formula is C94H162N2O21. The molecule has 16 atom stereocenters. The van der Waals surface area contributed by atoms with Crippen molar-refractivity contribution < 1.29 is 99.9 Å². The lowest BCUT2D eigenvalue weighted by Crippen LogP contribution is -2.58. The van der Waals surface area contributed by atoms with Gasteiger partial charge in [0.25, 0.3) is 0 Å². The zero-order chi connectivity index (χ0) is 85.3. The molecule has 3 aliphatic heterocycles. The minimum absolute atomic E-state index is 0.0259.